The summed E-state index contributed by atoms with van der Waals surface area (Å²) in [6.07, 6.45) is 4.10. The second kappa shape index (κ2) is 7.90. The highest BCUT2D eigenvalue weighted by Gasteiger charge is 2.07. The largest absolute Gasteiger partial charge is 0.449 e. The topological polar surface area (TPSA) is 29.5 Å². The van der Waals surface area contributed by atoms with Crippen molar-refractivity contribution in [2.75, 3.05) is 20.2 Å². The predicted molar refractivity (Wildman–Crippen MR) is 53.8 cm³/mol. The number of amides is 1. The van der Waals surface area contributed by atoms with Crippen molar-refractivity contribution in [1.29, 1.82) is 0 Å². The van der Waals surface area contributed by atoms with E-state index in [9.17, 15) is 4.79 Å². The molecule has 0 aliphatic heterocycles. The summed E-state index contributed by atoms with van der Waals surface area (Å²) in [6.45, 7) is 5.47. The van der Waals surface area contributed by atoms with Gasteiger partial charge in [-0.25, -0.2) is 4.79 Å². The first-order valence-corrected chi connectivity index (χ1v) is 5.10. The molecule has 0 rings (SSSR count). The number of ether oxygens (including phenoxy) is 1. The van der Waals surface area contributed by atoms with E-state index >= 15 is 0 Å². The van der Waals surface area contributed by atoms with Gasteiger partial charge in [-0.15, -0.1) is 0 Å². The SMILES string of the molecule is CCCCCN(C)C(=O)OCCC. The van der Waals surface area contributed by atoms with Gasteiger partial charge in [-0.05, 0) is 12.8 Å². The Morgan fingerprint density at radius 3 is 2.46 bits per heavy atom. The highest BCUT2D eigenvalue weighted by atomic mass is 16.6. The van der Waals surface area contributed by atoms with Gasteiger partial charge in [-0.3, -0.25) is 0 Å². The standard InChI is InChI=1S/C10H21NO2/c1-4-6-7-8-11(3)10(12)13-9-5-2/h4-9H2,1-3H3. The van der Waals surface area contributed by atoms with Crippen LogP contribution in [-0.4, -0.2) is 31.2 Å². The monoisotopic (exact) mass is 187 g/mol. The van der Waals surface area contributed by atoms with Crippen LogP contribution < -0.4 is 0 Å². The molecule has 0 aromatic heterocycles. The Balaban J connectivity index is 3.45. The van der Waals surface area contributed by atoms with Gasteiger partial charge in [0.2, 0.25) is 0 Å². The van der Waals surface area contributed by atoms with Crippen LogP contribution in [0.2, 0.25) is 0 Å². The minimum Gasteiger partial charge on any atom is -0.449 e. The first-order valence-electron chi connectivity index (χ1n) is 5.10. The van der Waals surface area contributed by atoms with E-state index in [0.29, 0.717) is 6.61 Å². The van der Waals surface area contributed by atoms with Crippen molar-refractivity contribution in [1.82, 2.24) is 4.90 Å². The molecule has 0 unspecified atom stereocenters. The molecule has 0 aromatic rings. The third kappa shape index (κ3) is 6.43. The van der Waals surface area contributed by atoms with Crippen LogP contribution in [0.4, 0.5) is 4.79 Å². The van der Waals surface area contributed by atoms with Gasteiger partial charge in [0.15, 0.2) is 0 Å². The fourth-order valence-corrected chi connectivity index (χ4v) is 0.990. The van der Waals surface area contributed by atoms with Gasteiger partial charge in [0, 0.05) is 13.6 Å². The van der Waals surface area contributed by atoms with Crippen LogP contribution in [0, 0.1) is 0 Å². The van der Waals surface area contributed by atoms with E-state index in [1.165, 1.54) is 12.8 Å². The first kappa shape index (κ1) is 12.3. The Labute approximate surface area is 81.1 Å². The van der Waals surface area contributed by atoms with E-state index in [1.807, 2.05) is 6.92 Å². The summed E-state index contributed by atoms with van der Waals surface area (Å²) in [5.41, 5.74) is 0. The van der Waals surface area contributed by atoms with Crippen molar-refractivity contribution in [3.05, 3.63) is 0 Å². The third-order valence-electron chi connectivity index (χ3n) is 1.84. The molecular weight excluding hydrogens is 166 g/mol. The molecule has 3 nitrogen and oxygen atoms in total. The smallest absolute Gasteiger partial charge is 0.409 e. The molecule has 0 spiro atoms. The average Bonchev–Trinajstić information content (AvgIpc) is 2.14. The minimum atomic E-state index is -0.196. The summed E-state index contributed by atoms with van der Waals surface area (Å²) in [4.78, 5) is 12.8. The number of carbonyl (C=O) groups excluding carboxylic acids is 1. The Kier molecular flexibility index (Phi) is 7.45. The maximum absolute atomic E-state index is 11.2. The van der Waals surface area contributed by atoms with Crippen molar-refractivity contribution < 1.29 is 9.53 Å². The molecule has 0 heterocycles. The number of carbonyl (C=O) groups is 1. The zero-order valence-electron chi connectivity index (χ0n) is 9.01. The number of unbranched alkanes of at least 4 members (excludes halogenated alkanes) is 2. The van der Waals surface area contributed by atoms with Crippen molar-refractivity contribution in [3.63, 3.8) is 0 Å². The van der Waals surface area contributed by atoms with Crippen LogP contribution in [0.15, 0.2) is 0 Å². The lowest BCUT2D eigenvalue weighted by molar-refractivity contribution is 0.110. The molecule has 0 N–H and O–H groups in total. The summed E-state index contributed by atoms with van der Waals surface area (Å²) in [7, 11) is 1.79. The fourth-order valence-electron chi connectivity index (χ4n) is 0.990. The van der Waals surface area contributed by atoms with Gasteiger partial charge >= 0.3 is 6.09 Å². The van der Waals surface area contributed by atoms with Crippen molar-refractivity contribution in [3.8, 4) is 0 Å². The van der Waals surface area contributed by atoms with Gasteiger partial charge in [-0.2, -0.15) is 0 Å². The van der Waals surface area contributed by atoms with Crippen LogP contribution >= 0.6 is 0 Å². The van der Waals surface area contributed by atoms with E-state index in [4.69, 9.17) is 4.74 Å². The van der Waals surface area contributed by atoms with Gasteiger partial charge < -0.3 is 9.64 Å². The van der Waals surface area contributed by atoms with Crippen molar-refractivity contribution in [2.45, 2.75) is 39.5 Å². The number of hydrogen-bond donors (Lipinski definition) is 0. The van der Waals surface area contributed by atoms with E-state index in [2.05, 4.69) is 6.92 Å². The lowest BCUT2D eigenvalue weighted by Crippen LogP contribution is -2.28. The average molecular weight is 187 g/mol. The molecular formula is C10H21NO2. The minimum absolute atomic E-state index is 0.196. The summed E-state index contributed by atoms with van der Waals surface area (Å²) in [6, 6.07) is 0. The molecule has 0 saturated carbocycles. The van der Waals surface area contributed by atoms with E-state index in [-0.39, 0.29) is 6.09 Å². The first-order chi connectivity index (χ1) is 6.22. The van der Waals surface area contributed by atoms with Gasteiger partial charge in [0.25, 0.3) is 0 Å². The molecule has 78 valence electrons. The molecule has 0 aliphatic carbocycles. The summed E-state index contributed by atoms with van der Waals surface area (Å²) in [5, 5.41) is 0. The van der Waals surface area contributed by atoms with Crippen LogP contribution in [0.1, 0.15) is 39.5 Å². The molecule has 0 aliphatic rings. The maximum atomic E-state index is 11.2. The molecule has 0 bridgehead atoms. The second-order valence-electron chi connectivity index (χ2n) is 3.24. The molecule has 0 atom stereocenters. The quantitative estimate of drug-likeness (QED) is 0.598. The number of hydrogen-bond acceptors (Lipinski definition) is 2. The molecule has 0 fully saturated rings. The lowest BCUT2D eigenvalue weighted by atomic mass is 10.2. The van der Waals surface area contributed by atoms with Gasteiger partial charge in [0.05, 0.1) is 6.61 Å². The number of nitrogens with zero attached hydrogens (tertiary/aromatic N) is 1. The highest BCUT2D eigenvalue weighted by Crippen LogP contribution is 1.98. The molecule has 0 aromatic carbocycles. The maximum Gasteiger partial charge on any atom is 0.409 e. The Hall–Kier alpha value is -0.730. The van der Waals surface area contributed by atoms with Crippen LogP contribution in [-0.2, 0) is 4.74 Å². The van der Waals surface area contributed by atoms with Gasteiger partial charge in [0.1, 0.15) is 0 Å². The summed E-state index contributed by atoms with van der Waals surface area (Å²) < 4.78 is 4.97. The van der Waals surface area contributed by atoms with Gasteiger partial charge in [-0.1, -0.05) is 26.7 Å². The fraction of sp³-hybridized carbons (Fsp3) is 0.900. The van der Waals surface area contributed by atoms with E-state index in [1.54, 1.807) is 11.9 Å². The van der Waals surface area contributed by atoms with E-state index < -0.39 is 0 Å². The van der Waals surface area contributed by atoms with Crippen LogP contribution in [0.25, 0.3) is 0 Å². The number of rotatable bonds is 6. The zero-order chi connectivity index (χ0) is 10.1. The Morgan fingerprint density at radius 1 is 1.23 bits per heavy atom. The van der Waals surface area contributed by atoms with E-state index in [0.717, 1.165) is 19.4 Å². The highest BCUT2D eigenvalue weighted by molar-refractivity contribution is 5.67. The Morgan fingerprint density at radius 2 is 1.92 bits per heavy atom. The molecule has 13 heavy (non-hydrogen) atoms. The predicted octanol–water partition coefficient (Wildman–Crippen LogP) is 2.66. The Bertz CT molecular complexity index is 137. The molecule has 3 heteroatoms. The van der Waals surface area contributed by atoms with Crippen molar-refractivity contribution in [2.24, 2.45) is 0 Å². The summed E-state index contributed by atoms with van der Waals surface area (Å²) in [5.74, 6) is 0. The second-order valence-corrected chi connectivity index (χ2v) is 3.24. The van der Waals surface area contributed by atoms with Crippen LogP contribution in [0.3, 0.4) is 0 Å². The molecule has 1 amide bonds. The van der Waals surface area contributed by atoms with Crippen molar-refractivity contribution >= 4 is 6.09 Å². The summed E-state index contributed by atoms with van der Waals surface area (Å²) >= 11 is 0. The normalized spacial score (nSPS) is 9.77. The molecule has 0 saturated heterocycles. The van der Waals surface area contributed by atoms with Crippen LogP contribution in [0.5, 0.6) is 0 Å². The zero-order valence-corrected chi connectivity index (χ0v) is 9.01. The molecule has 0 radical (unpaired) electrons. The third-order valence-corrected chi connectivity index (χ3v) is 1.84. The lowest BCUT2D eigenvalue weighted by Gasteiger charge is -2.16.